The standard InChI is InChI=1S/C12H13.C2H6O.W/c1-6-12-10(4)8(2)7-9(3)11(12)5;1-2-3;/h1H,2-5H3;3H,2H2,1H3;/q-1;;. The number of hydrogen-bond acceptors (Lipinski definition) is 1. The topological polar surface area (TPSA) is 20.2 Å². The van der Waals surface area contributed by atoms with Crippen LogP contribution >= 0.6 is 0 Å². The van der Waals surface area contributed by atoms with Gasteiger partial charge in [-0.05, 0) is 6.92 Å². The summed E-state index contributed by atoms with van der Waals surface area (Å²) in [6.45, 7) is 10.1. The second-order valence-corrected chi connectivity index (χ2v) is 3.46. The predicted octanol–water partition coefficient (Wildman–Crippen LogP) is 2.70. The van der Waals surface area contributed by atoms with Gasteiger partial charge in [0.15, 0.2) is 0 Å². The molecule has 88 valence electrons. The largest absolute Gasteiger partial charge is 0.397 e. The van der Waals surface area contributed by atoms with Crippen molar-refractivity contribution in [3.8, 4) is 12.3 Å². The normalized spacial score (nSPS) is 8.31. The van der Waals surface area contributed by atoms with Crippen molar-refractivity contribution >= 4 is 0 Å². The molecule has 0 heterocycles. The van der Waals surface area contributed by atoms with Crippen molar-refractivity contribution in [1.29, 1.82) is 0 Å². The van der Waals surface area contributed by atoms with E-state index in [9.17, 15) is 0 Å². The summed E-state index contributed by atoms with van der Waals surface area (Å²) in [5.74, 6) is 2.73. The first-order valence-corrected chi connectivity index (χ1v) is 5.06. The Morgan fingerprint density at radius 2 is 1.44 bits per heavy atom. The van der Waals surface area contributed by atoms with Gasteiger partial charge in [-0.2, -0.15) is 17.2 Å². The van der Waals surface area contributed by atoms with Gasteiger partial charge >= 0.3 is 0 Å². The molecule has 0 spiro atoms. The number of benzene rings is 1. The average Bonchev–Trinajstić information content (AvgIpc) is 2.17. The molecule has 2 heteroatoms. The Hall–Kier alpha value is -0.572. The van der Waals surface area contributed by atoms with Crippen molar-refractivity contribution in [2.75, 3.05) is 6.61 Å². The summed E-state index contributed by atoms with van der Waals surface area (Å²) in [4.78, 5) is 0. The van der Waals surface area contributed by atoms with Crippen molar-refractivity contribution in [3.05, 3.63) is 33.9 Å². The molecule has 1 N–H and O–H groups in total. The summed E-state index contributed by atoms with van der Waals surface area (Å²) in [6, 6.07) is 3.29. The Labute approximate surface area is 114 Å². The van der Waals surface area contributed by atoms with Crippen LogP contribution in [0.1, 0.15) is 34.7 Å². The number of rotatable bonds is 0. The van der Waals surface area contributed by atoms with Gasteiger partial charge in [0.2, 0.25) is 0 Å². The maximum Gasteiger partial charge on any atom is 0.0402 e. The molecule has 0 amide bonds. The van der Waals surface area contributed by atoms with E-state index in [0.29, 0.717) is 0 Å². The molecule has 0 unspecified atom stereocenters. The Kier molecular flexibility index (Phi) is 9.54. The van der Waals surface area contributed by atoms with Crippen LogP contribution in [0.5, 0.6) is 0 Å². The van der Waals surface area contributed by atoms with Crippen LogP contribution in [0.2, 0.25) is 0 Å². The maximum atomic E-state index is 7.57. The molecule has 1 nitrogen and oxygen atoms in total. The van der Waals surface area contributed by atoms with Crippen LogP contribution in [-0.4, -0.2) is 11.7 Å². The number of aryl methyl sites for hydroxylation is 2. The van der Waals surface area contributed by atoms with E-state index < -0.39 is 0 Å². The first-order valence-electron chi connectivity index (χ1n) is 5.06. The number of aliphatic hydroxyl groups is 1. The van der Waals surface area contributed by atoms with E-state index in [0.717, 1.165) is 16.7 Å². The van der Waals surface area contributed by atoms with Gasteiger partial charge < -0.3 is 5.11 Å². The molecule has 0 bridgehead atoms. The second-order valence-electron chi connectivity index (χ2n) is 3.46. The zero-order valence-corrected chi connectivity index (χ0v) is 13.6. The van der Waals surface area contributed by atoms with E-state index in [4.69, 9.17) is 11.5 Å². The molecule has 0 aliphatic carbocycles. The first-order chi connectivity index (χ1) is 6.99. The molecule has 1 rings (SSSR count). The second kappa shape index (κ2) is 8.57. The summed E-state index contributed by atoms with van der Waals surface area (Å²) in [5, 5.41) is 7.57. The predicted molar refractivity (Wildman–Crippen MR) is 64.9 cm³/mol. The minimum Gasteiger partial charge on any atom is -0.397 e. The third-order valence-electron chi connectivity index (χ3n) is 2.39. The van der Waals surface area contributed by atoms with E-state index in [2.05, 4.69) is 12.0 Å². The van der Waals surface area contributed by atoms with Crippen LogP contribution in [0, 0.1) is 46.1 Å². The number of hydrogen-bond donors (Lipinski definition) is 1. The van der Waals surface area contributed by atoms with E-state index in [1.54, 1.807) is 6.92 Å². The molecule has 0 saturated heterocycles. The van der Waals surface area contributed by atoms with E-state index in [-0.39, 0.29) is 27.7 Å². The van der Waals surface area contributed by atoms with Gasteiger partial charge in [-0.15, -0.1) is 17.6 Å². The van der Waals surface area contributed by atoms with Gasteiger partial charge in [-0.1, -0.05) is 39.2 Å². The van der Waals surface area contributed by atoms with Crippen molar-refractivity contribution < 1.29 is 26.2 Å². The Morgan fingerprint density at radius 1 is 1.12 bits per heavy atom. The summed E-state index contributed by atoms with van der Waals surface area (Å²) in [6.07, 6.45) is 5.43. The van der Waals surface area contributed by atoms with E-state index in [1.807, 2.05) is 27.7 Å². The van der Waals surface area contributed by atoms with E-state index >= 15 is 0 Å². The number of terminal acetylenes is 1. The molecule has 0 aliphatic heterocycles. The number of aliphatic hydroxyl groups excluding tert-OH is 1. The van der Waals surface area contributed by atoms with Gasteiger partial charge in [-0.3, -0.25) is 0 Å². The Morgan fingerprint density at radius 3 is 1.69 bits per heavy atom. The maximum absolute atomic E-state index is 7.57. The first kappa shape index (κ1) is 17.8. The van der Waals surface area contributed by atoms with Crippen LogP contribution in [0.25, 0.3) is 0 Å². The molecule has 0 radical (unpaired) electrons. The third kappa shape index (κ3) is 4.52. The van der Waals surface area contributed by atoms with Crippen LogP contribution in [0.4, 0.5) is 0 Å². The summed E-state index contributed by atoms with van der Waals surface area (Å²) >= 11 is 0. The van der Waals surface area contributed by atoms with E-state index in [1.165, 1.54) is 11.1 Å². The fourth-order valence-electron chi connectivity index (χ4n) is 1.34. The van der Waals surface area contributed by atoms with Gasteiger partial charge in [-0.25, -0.2) is 0 Å². The quantitative estimate of drug-likeness (QED) is 0.536. The minimum atomic E-state index is 0. The van der Waals surface area contributed by atoms with Crippen LogP contribution < -0.4 is 0 Å². The van der Waals surface area contributed by atoms with Crippen molar-refractivity contribution in [1.82, 2.24) is 0 Å². The van der Waals surface area contributed by atoms with Crippen LogP contribution in [-0.2, 0) is 21.1 Å². The molecule has 0 atom stereocenters. The average molecular weight is 387 g/mol. The fraction of sp³-hybridized carbons (Fsp3) is 0.429. The summed E-state index contributed by atoms with van der Waals surface area (Å²) < 4.78 is 0. The Bertz CT molecular complexity index is 349. The summed E-state index contributed by atoms with van der Waals surface area (Å²) in [5.41, 5.74) is 5.71. The molecule has 16 heavy (non-hydrogen) atoms. The molecule has 1 aromatic rings. The van der Waals surface area contributed by atoms with Gasteiger partial charge in [0, 0.05) is 27.7 Å². The SMILES string of the molecule is C#Cc1c(C)c(C)[c-]c(C)c1C.CCO.[W]. The van der Waals surface area contributed by atoms with Gasteiger partial charge in [0.05, 0.1) is 0 Å². The zero-order chi connectivity index (χ0) is 12.0. The molecular formula is C14H19OW-. The molecule has 1 aromatic carbocycles. The van der Waals surface area contributed by atoms with Crippen LogP contribution in [0.3, 0.4) is 0 Å². The van der Waals surface area contributed by atoms with Crippen molar-refractivity contribution in [2.45, 2.75) is 34.6 Å². The molecule has 0 saturated carbocycles. The van der Waals surface area contributed by atoms with Crippen molar-refractivity contribution in [3.63, 3.8) is 0 Å². The third-order valence-corrected chi connectivity index (χ3v) is 2.39. The van der Waals surface area contributed by atoms with Gasteiger partial charge in [0.25, 0.3) is 0 Å². The molecule has 0 aromatic heterocycles. The smallest absolute Gasteiger partial charge is 0.0402 e. The van der Waals surface area contributed by atoms with Gasteiger partial charge in [0.1, 0.15) is 0 Å². The Balaban J connectivity index is 0. The monoisotopic (exact) mass is 387 g/mol. The summed E-state index contributed by atoms with van der Waals surface area (Å²) in [7, 11) is 0. The molecule has 0 fully saturated rings. The molecular weight excluding hydrogens is 368 g/mol. The molecule has 0 aliphatic rings. The van der Waals surface area contributed by atoms with Crippen molar-refractivity contribution in [2.24, 2.45) is 0 Å². The minimum absolute atomic E-state index is 0. The fourth-order valence-corrected chi connectivity index (χ4v) is 1.34. The van der Waals surface area contributed by atoms with Crippen LogP contribution in [0.15, 0.2) is 0 Å². The zero-order valence-electron chi connectivity index (χ0n) is 10.6.